The number of anilines is 1. The molecule has 0 saturated carbocycles. The van der Waals surface area contributed by atoms with Crippen LogP contribution in [0.15, 0.2) is 36.4 Å². The van der Waals surface area contributed by atoms with Crippen LogP contribution in [0.25, 0.3) is 28.1 Å². The lowest BCUT2D eigenvalue weighted by molar-refractivity contribution is 0.399. The average Bonchev–Trinajstić information content (AvgIpc) is 2.98. The van der Waals surface area contributed by atoms with Crippen molar-refractivity contribution in [3.05, 3.63) is 47.1 Å². The first kappa shape index (κ1) is 18.5. The molecule has 0 bridgehead atoms. The summed E-state index contributed by atoms with van der Waals surface area (Å²) in [5.74, 6) is 1.10. The monoisotopic (exact) mass is 417 g/mol. The van der Waals surface area contributed by atoms with E-state index in [2.05, 4.69) is 19.7 Å². The van der Waals surface area contributed by atoms with Crippen LogP contribution >= 0.6 is 11.6 Å². The highest BCUT2D eigenvalue weighted by atomic mass is 35.5. The molecule has 1 N–H and O–H groups in total. The van der Waals surface area contributed by atoms with E-state index in [9.17, 15) is 8.42 Å². The largest absolute Gasteiger partial charge is 0.481 e. The molecule has 0 fully saturated rings. The highest BCUT2D eigenvalue weighted by Gasteiger charge is 2.21. The topological polar surface area (TPSA) is 98.5 Å². The minimum absolute atomic E-state index is 0.172. The van der Waals surface area contributed by atoms with Gasteiger partial charge in [0.05, 0.1) is 24.1 Å². The van der Waals surface area contributed by atoms with E-state index < -0.39 is 10.0 Å². The Labute approximate surface area is 166 Å². The lowest BCUT2D eigenvalue weighted by atomic mass is 10.2. The number of hydrogen-bond acceptors (Lipinski definition) is 6. The van der Waals surface area contributed by atoms with Gasteiger partial charge in [0.1, 0.15) is 16.9 Å². The molecule has 0 radical (unpaired) electrons. The van der Waals surface area contributed by atoms with Crippen molar-refractivity contribution in [1.29, 1.82) is 0 Å². The zero-order valence-electron chi connectivity index (χ0n) is 15.3. The molecule has 28 heavy (non-hydrogen) atoms. The maximum absolute atomic E-state index is 11.9. The molecule has 0 aliphatic heterocycles. The van der Waals surface area contributed by atoms with Gasteiger partial charge < -0.3 is 4.74 Å². The maximum Gasteiger partial charge on any atom is 0.231 e. The second kappa shape index (κ2) is 6.61. The van der Waals surface area contributed by atoms with Crippen molar-refractivity contribution >= 4 is 44.1 Å². The van der Waals surface area contributed by atoms with Gasteiger partial charge >= 0.3 is 0 Å². The molecule has 0 aliphatic rings. The van der Waals surface area contributed by atoms with Crippen LogP contribution in [0.3, 0.4) is 0 Å². The molecular weight excluding hydrogens is 402 g/mol. The van der Waals surface area contributed by atoms with Crippen LogP contribution in [-0.2, 0) is 10.0 Å². The number of imidazole rings is 1. The van der Waals surface area contributed by atoms with Crippen LogP contribution in [-0.4, -0.2) is 41.1 Å². The van der Waals surface area contributed by atoms with Crippen molar-refractivity contribution in [2.75, 3.05) is 18.1 Å². The van der Waals surface area contributed by atoms with Gasteiger partial charge in [-0.1, -0.05) is 23.7 Å². The molecule has 0 atom stereocenters. The van der Waals surface area contributed by atoms with Crippen LogP contribution in [0, 0.1) is 6.92 Å². The van der Waals surface area contributed by atoms with Crippen LogP contribution in [0.2, 0.25) is 5.02 Å². The van der Waals surface area contributed by atoms with Gasteiger partial charge in [-0.2, -0.15) is 4.98 Å². The van der Waals surface area contributed by atoms with Crippen LogP contribution < -0.4 is 9.46 Å². The highest BCUT2D eigenvalue weighted by Crippen LogP contribution is 2.33. The highest BCUT2D eigenvalue weighted by molar-refractivity contribution is 7.92. The first-order valence-corrected chi connectivity index (χ1v) is 10.5. The van der Waals surface area contributed by atoms with Crippen molar-refractivity contribution < 1.29 is 13.2 Å². The fraction of sp³-hybridized carbons (Fsp3) is 0.167. The van der Waals surface area contributed by atoms with E-state index in [1.165, 1.54) is 7.11 Å². The molecular formula is C18H16ClN5O3S. The number of fused-ring (bicyclic) bond motifs is 3. The summed E-state index contributed by atoms with van der Waals surface area (Å²) >= 11 is 6.40. The number of benzene rings is 1. The lowest BCUT2D eigenvalue weighted by Crippen LogP contribution is -2.13. The predicted molar refractivity (Wildman–Crippen MR) is 108 cm³/mol. The minimum Gasteiger partial charge on any atom is -0.481 e. The number of aryl methyl sites for hydroxylation is 1. The van der Waals surface area contributed by atoms with Crippen molar-refractivity contribution in [2.24, 2.45) is 0 Å². The number of ether oxygens (including phenoxy) is 1. The van der Waals surface area contributed by atoms with Gasteiger partial charge in [-0.15, -0.1) is 0 Å². The van der Waals surface area contributed by atoms with E-state index in [-0.39, 0.29) is 5.82 Å². The van der Waals surface area contributed by atoms with Crippen molar-refractivity contribution in [3.63, 3.8) is 0 Å². The number of sulfonamides is 1. The first-order valence-electron chi connectivity index (χ1n) is 8.25. The van der Waals surface area contributed by atoms with E-state index in [1.54, 1.807) is 29.5 Å². The summed E-state index contributed by atoms with van der Waals surface area (Å²) < 4.78 is 33.2. The molecule has 3 heterocycles. The van der Waals surface area contributed by atoms with Crippen molar-refractivity contribution in [2.45, 2.75) is 6.92 Å². The molecule has 0 amide bonds. The van der Waals surface area contributed by atoms with E-state index in [1.807, 2.05) is 18.2 Å². The number of halogens is 1. The third kappa shape index (κ3) is 3.12. The fourth-order valence-corrected chi connectivity index (χ4v) is 3.76. The molecule has 0 aliphatic carbocycles. The van der Waals surface area contributed by atoms with Gasteiger partial charge in [0.2, 0.25) is 15.9 Å². The number of pyridine rings is 1. The molecule has 3 aromatic heterocycles. The van der Waals surface area contributed by atoms with Crippen LogP contribution in [0.1, 0.15) is 5.69 Å². The Morgan fingerprint density at radius 3 is 2.54 bits per heavy atom. The normalized spacial score (nSPS) is 11.9. The van der Waals surface area contributed by atoms with Gasteiger partial charge in [0, 0.05) is 11.6 Å². The van der Waals surface area contributed by atoms with Crippen molar-refractivity contribution in [3.8, 4) is 17.3 Å². The summed E-state index contributed by atoms with van der Waals surface area (Å²) in [6.45, 7) is 1.77. The fourth-order valence-electron chi connectivity index (χ4n) is 3.05. The van der Waals surface area contributed by atoms with Gasteiger partial charge in [0.25, 0.3) is 0 Å². The van der Waals surface area contributed by atoms with Gasteiger partial charge in [-0.3, -0.25) is 9.12 Å². The Bertz CT molecular complexity index is 1330. The Hall–Kier alpha value is -2.91. The third-order valence-electron chi connectivity index (χ3n) is 4.16. The molecule has 8 nitrogen and oxygen atoms in total. The Balaban J connectivity index is 2.19. The molecule has 1 aromatic carbocycles. The summed E-state index contributed by atoms with van der Waals surface area (Å²) in [4.78, 5) is 13.6. The SMILES string of the molecule is COc1ccc2nc(NS(C)(=O)=O)c3c(C)nc(-c4ccccc4Cl)n3c2n1. The number of nitrogens with one attached hydrogen (secondary N) is 1. The van der Waals surface area contributed by atoms with E-state index >= 15 is 0 Å². The van der Waals surface area contributed by atoms with Gasteiger partial charge in [0.15, 0.2) is 11.5 Å². The minimum atomic E-state index is -3.56. The number of rotatable bonds is 4. The predicted octanol–water partition coefficient (Wildman–Crippen LogP) is 3.29. The summed E-state index contributed by atoms with van der Waals surface area (Å²) in [5.41, 5.74) is 2.72. The standard InChI is InChI=1S/C18H16ClN5O3S/c1-10-15-16(23-28(3,25)26)21-13-8-9-14(27-2)22-18(13)24(15)17(20-10)11-6-4-5-7-12(11)19/h4-9H,1-3H3,(H,21,23). The molecule has 0 spiro atoms. The molecule has 10 heteroatoms. The van der Waals surface area contributed by atoms with Gasteiger partial charge in [-0.05, 0) is 25.1 Å². The average molecular weight is 418 g/mol. The summed E-state index contributed by atoms with van der Waals surface area (Å²) in [5, 5.41) is 0.514. The molecule has 0 unspecified atom stereocenters. The first-order chi connectivity index (χ1) is 13.3. The summed E-state index contributed by atoms with van der Waals surface area (Å²) in [7, 11) is -2.03. The molecule has 0 saturated heterocycles. The second-order valence-electron chi connectivity index (χ2n) is 6.22. The third-order valence-corrected chi connectivity index (χ3v) is 5.05. The number of aromatic nitrogens is 4. The smallest absolute Gasteiger partial charge is 0.231 e. The number of methoxy groups -OCH3 is 1. The second-order valence-corrected chi connectivity index (χ2v) is 8.37. The summed E-state index contributed by atoms with van der Waals surface area (Å²) in [6, 6.07) is 10.6. The Morgan fingerprint density at radius 2 is 1.86 bits per heavy atom. The summed E-state index contributed by atoms with van der Waals surface area (Å²) in [6.07, 6.45) is 1.07. The number of nitrogens with zero attached hydrogens (tertiary/aromatic N) is 4. The van der Waals surface area contributed by atoms with Gasteiger partial charge in [-0.25, -0.2) is 18.4 Å². The number of hydrogen-bond donors (Lipinski definition) is 1. The Morgan fingerprint density at radius 1 is 1.11 bits per heavy atom. The van der Waals surface area contributed by atoms with Crippen LogP contribution in [0.5, 0.6) is 5.88 Å². The molecule has 4 rings (SSSR count). The van der Waals surface area contributed by atoms with Crippen molar-refractivity contribution in [1.82, 2.24) is 19.4 Å². The molecule has 4 aromatic rings. The maximum atomic E-state index is 11.9. The van der Waals surface area contributed by atoms with Crippen LogP contribution in [0.4, 0.5) is 5.82 Å². The zero-order valence-corrected chi connectivity index (χ0v) is 16.8. The van der Waals surface area contributed by atoms with E-state index in [4.69, 9.17) is 16.3 Å². The Kier molecular flexibility index (Phi) is 4.35. The van der Waals surface area contributed by atoms with E-state index in [0.29, 0.717) is 44.7 Å². The van der Waals surface area contributed by atoms with E-state index in [0.717, 1.165) is 6.26 Å². The lowest BCUT2D eigenvalue weighted by Gasteiger charge is -2.11. The molecule has 144 valence electrons. The quantitative estimate of drug-likeness (QED) is 0.547. The zero-order chi connectivity index (χ0) is 20.1.